The van der Waals surface area contributed by atoms with Gasteiger partial charge in [-0.2, -0.15) is 0 Å². The lowest BCUT2D eigenvalue weighted by atomic mass is 10.1. The van der Waals surface area contributed by atoms with Gasteiger partial charge in [-0.1, -0.05) is 0 Å². The van der Waals surface area contributed by atoms with Gasteiger partial charge >= 0.3 is 0 Å². The number of hydrogen-bond donors (Lipinski definition) is 4. The molecule has 1 fully saturated rings. The summed E-state index contributed by atoms with van der Waals surface area (Å²) in [7, 11) is 1.72. The summed E-state index contributed by atoms with van der Waals surface area (Å²) in [4.78, 5) is 29.8. The normalized spacial score (nSPS) is 23.6. The topological polar surface area (TPSA) is 147 Å². The number of nitrogens with one attached hydrogen (secondary N) is 2. The number of anilines is 1. The van der Waals surface area contributed by atoms with Crippen LogP contribution in [-0.4, -0.2) is 72.5 Å². The summed E-state index contributed by atoms with van der Waals surface area (Å²) in [6.07, 6.45) is -0.133. The number of aromatic nitrogens is 5. The van der Waals surface area contributed by atoms with Crippen LogP contribution in [-0.2, 0) is 9.53 Å². The minimum atomic E-state index is -1.38. The van der Waals surface area contributed by atoms with Crippen LogP contribution in [0.4, 0.5) is 5.82 Å². The van der Waals surface area contributed by atoms with Gasteiger partial charge in [0.15, 0.2) is 35.1 Å². The van der Waals surface area contributed by atoms with Crippen molar-refractivity contribution in [3.8, 4) is 11.4 Å². The van der Waals surface area contributed by atoms with E-state index in [0.717, 1.165) is 5.56 Å². The summed E-state index contributed by atoms with van der Waals surface area (Å²) in [5.74, 6) is 0.412. The predicted octanol–water partition coefficient (Wildman–Crippen LogP) is -0.00628. The van der Waals surface area contributed by atoms with Crippen molar-refractivity contribution in [2.75, 3.05) is 18.9 Å². The Morgan fingerprint density at radius 2 is 2.07 bits per heavy atom. The molecule has 1 saturated heterocycles. The molecule has 0 aliphatic carbocycles. The lowest BCUT2D eigenvalue weighted by Gasteiger charge is -2.17. The first-order chi connectivity index (χ1) is 14.4. The van der Waals surface area contributed by atoms with Gasteiger partial charge < -0.3 is 25.6 Å². The molecule has 3 aromatic rings. The van der Waals surface area contributed by atoms with Crippen LogP contribution in [0.25, 0.3) is 22.6 Å². The number of aryl methyl sites for hydroxylation is 1. The number of imidazole rings is 1. The predicted molar refractivity (Wildman–Crippen MR) is 107 cm³/mol. The number of carbonyl (C=O) groups is 1. The van der Waals surface area contributed by atoms with E-state index < -0.39 is 30.4 Å². The van der Waals surface area contributed by atoms with Crippen molar-refractivity contribution in [2.45, 2.75) is 38.4 Å². The number of likely N-dealkylation sites (N-methyl/N-ethyl adjacent to an activating group) is 1. The second-order valence-corrected chi connectivity index (χ2v) is 7.04. The second kappa shape index (κ2) is 7.94. The van der Waals surface area contributed by atoms with Crippen LogP contribution in [0.2, 0.25) is 0 Å². The van der Waals surface area contributed by atoms with Gasteiger partial charge in [-0.25, -0.2) is 15.0 Å². The van der Waals surface area contributed by atoms with Gasteiger partial charge in [0.25, 0.3) is 5.91 Å². The van der Waals surface area contributed by atoms with Gasteiger partial charge in [-0.05, 0) is 25.5 Å². The highest BCUT2D eigenvalue weighted by Crippen LogP contribution is 2.33. The third-order valence-electron chi connectivity index (χ3n) is 4.91. The summed E-state index contributed by atoms with van der Waals surface area (Å²) in [5, 5.41) is 26.5. The molecule has 0 bridgehead atoms. The highest BCUT2D eigenvalue weighted by molar-refractivity contribution is 5.85. The van der Waals surface area contributed by atoms with E-state index in [1.54, 1.807) is 26.4 Å². The molecule has 0 saturated carbocycles. The van der Waals surface area contributed by atoms with Gasteiger partial charge in [0.1, 0.15) is 12.2 Å². The largest absolute Gasteiger partial charge is 0.387 e. The molecule has 11 nitrogen and oxygen atoms in total. The zero-order chi connectivity index (χ0) is 21.4. The number of amides is 1. The molecule has 0 aromatic carbocycles. The first-order valence-electron chi connectivity index (χ1n) is 9.58. The minimum absolute atomic E-state index is 0.382. The van der Waals surface area contributed by atoms with Crippen molar-refractivity contribution in [3.63, 3.8) is 0 Å². The maximum Gasteiger partial charge on any atom is 0.252 e. The van der Waals surface area contributed by atoms with Gasteiger partial charge in [-0.15, -0.1) is 0 Å². The fraction of sp³-hybridized carbons (Fsp3) is 0.421. The van der Waals surface area contributed by atoms with Crippen molar-refractivity contribution in [2.24, 2.45) is 0 Å². The number of nitrogens with zero attached hydrogens (tertiary/aromatic N) is 5. The zero-order valence-electron chi connectivity index (χ0n) is 16.8. The number of hydrogen-bond acceptors (Lipinski definition) is 9. The maximum atomic E-state index is 12.2. The average Bonchev–Trinajstić information content (AvgIpc) is 3.29. The quantitative estimate of drug-likeness (QED) is 0.453. The Bertz CT molecular complexity index is 1090. The molecule has 1 aliphatic rings. The average molecular weight is 413 g/mol. The van der Waals surface area contributed by atoms with E-state index in [9.17, 15) is 15.0 Å². The van der Waals surface area contributed by atoms with Crippen LogP contribution in [0.1, 0.15) is 18.7 Å². The highest BCUT2D eigenvalue weighted by atomic mass is 16.6. The minimum Gasteiger partial charge on any atom is -0.387 e. The first-order valence-corrected chi connectivity index (χ1v) is 9.58. The molecule has 0 spiro atoms. The molecule has 4 heterocycles. The smallest absolute Gasteiger partial charge is 0.252 e. The van der Waals surface area contributed by atoms with Crippen molar-refractivity contribution < 1.29 is 19.7 Å². The molecule has 1 aliphatic heterocycles. The summed E-state index contributed by atoms with van der Waals surface area (Å²) < 4.78 is 7.21. The molecular weight excluding hydrogens is 390 g/mol. The molecule has 30 heavy (non-hydrogen) atoms. The Morgan fingerprint density at radius 3 is 2.77 bits per heavy atom. The molecule has 4 atom stereocenters. The Labute approximate surface area is 172 Å². The zero-order valence-corrected chi connectivity index (χ0v) is 16.8. The van der Waals surface area contributed by atoms with Gasteiger partial charge in [0.2, 0.25) is 0 Å². The third kappa shape index (κ3) is 3.36. The molecule has 11 heteroatoms. The summed E-state index contributed by atoms with van der Waals surface area (Å²) in [5.41, 5.74) is 2.53. The van der Waals surface area contributed by atoms with Gasteiger partial charge in [0, 0.05) is 31.5 Å². The molecule has 0 radical (unpaired) electrons. The SMILES string of the molecule is CCNC(=O)C1OC(n2cnc3c(NC)nc(-c4cncc(C)c4)nc32)C(O)C1O. The van der Waals surface area contributed by atoms with E-state index >= 15 is 0 Å². The van der Waals surface area contributed by atoms with Gasteiger partial charge in [0.05, 0.1) is 6.33 Å². The summed E-state index contributed by atoms with van der Waals surface area (Å²) in [6.45, 7) is 4.06. The number of fused-ring (bicyclic) bond motifs is 1. The fourth-order valence-corrected chi connectivity index (χ4v) is 3.46. The Kier molecular flexibility index (Phi) is 5.33. The molecule has 4 unspecified atom stereocenters. The Balaban J connectivity index is 1.78. The Hall–Kier alpha value is -3.15. The van der Waals surface area contributed by atoms with E-state index in [4.69, 9.17) is 4.74 Å². The maximum absolute atomic E-state index is 12.2. The lowest BCUT2D eigenvalue weighted by molar-refractivity contribution is -0.137. The van der Waals surface area contributed by atoms with Crippen LogP contribution in [0.3, 0.4) is 0 Å². The summed E-state index contributed by atoms with van der Waals surface area (Å²) in [6, 6.07) is 1.91. The molecule has 4 rings (SSSR count). The third-order valence-corrected chi connectivity index (χ3v) is 4.91. The number of pyridine rings is 1. The Morgan fingerprint density at radius 1 is 1.27 bits per heavy atom. The highest BCUT2D eigenvalue weighted by Gasteiger charge is 2.47. The summed E-state index contributed by atoms with van der Waals surface area (Å²) >= 11 is 0. The number of ether oxygens (including phenoxy) is 1. The van der Waals surface area contributed by atoms with E-state index in [2.05, 4.69) is 30.6 Å². The van der Waals surface area contributed by atoms with Crippen LogP contribution in [0.15, 0.2) is 24.8 Å². The molecular formula is C19H23N7O4. The van der Waals surface area contributed by atoms with Crippen molar-refractivity contribution >= 4 is 22.9 Å². The van der Waals surface area contributed by atoms with Crippen LogP contribution >= 0.6 is 0 Å². The lowest BCUT2D eigenvalue weighted by Crippen LogP contribution is -2.42. The van der Waals surface area contributed by atoms with E-state index in [1.165, 1.54) is 10.9 Å². The molecule has 3 aromatic heterocycles. The molecule has 4 N–H and O–H groups in total. The molecule has 158 valence electrons. The first kappa shape index (κ1) is 20.1. The van der Waals surface area contributed by atoms with E-state index in [0.29, 0.717) is 34.9 Å². The molecule has 1 amide bonds. The van der Waals surface area contributed by atoms with E-state index in [1.807, 2.05) is 13.0 Å². The second-order valence-electron chi connectivity index (χ2n) is 7.04. The number of rotatable bonds is 5. The van der Waals surface area contributed by atoms with Crippen LogP contribution < -0.4 is 10.6 Å². The van der Waals surface area contributed by atoms with Crippen molar-refractivity contribution in [1.29, 1.82) is 0 Å². The van der Waals surface area contributed by atoms with Crippen molar-refractivity contribution in [1.82, 2.24) is 29.8 Å². The fourth-order valence-electron chi connectivity index (χ4n) is 3.46. The number of aliphatic hydroxyl groups excluding tert-OH is 2. The number of aliphatic hydroxyl groups is 2. The van der Waals surface area contributed by atoms with E-state index in [-0.39, 0.29) is 0 Å². The monoisotopic (exact) mass is 413 g/mol. The van der Waals surface area contributed by atoms with Crippen LogP contribution in [0.5, 0.6) is 0 Å². The standard InChI is InChI=1S/C19H23N7O4/c1-4-22-18(29)14-12(27)13(28)19(30-14)26-8-23-11-16(20-3)24-15(25-17(11)26)10-5-9(2)6-21-7-10/h5-8,12-14,19,27-28H,4H2,1-3H3,(H,22,29)(H,20,24,25). The van der Waals surface area contributed by atoms with Gasteiger partial charge in [-0.3, -0.25) is 14.3 Å². The van der Waals surface area contributed by atoms with Crippen molar-refractivity contribution in [3.05, 3.63) is 30.4 Å². The van der Waals surface area contributed by atoms with Crippen LogP contribution in [0, 0.1) is 6.92 Å². The number of carbonyl (C=O) groups excluding carboxylic acids is 1.